The van der Waals surface area contributed by atoms with Gasteiger partial charge in [0, 0.05) is 32.2 Å². The second kappa shape index (κ2) is 13.3. The minimum Gasteiger partial charge on any atom is -0.379 e. The molecule has 2 heterocycles. The Labute approximate surface area is 167 Å². The van der Waals surface area contributed by atoms with E-state index in [9.17, 15) is 0 Å². The first-order valence-corrected chi connectivity index (χ1v) is 11.3. The number of nitrogens with one attached hydrogen (secondary N) is 2. The highest BCUT2D eigenvalue weighted by molar-refractivity contribution is 5.79. The monoisotopic (exact) mass is 381 g/mol. The van der Waals surface area contributed by atoms with E-state index in [0.717, 1.165) is 51.9 Å². The lowest BCUT2D eigenvalue weighted by atomic mass is 10.0. The van der Waals surface area contributed by atoms with Gasteiger partial charge in [-0.1, -0.05) is 13.8 Å². The number of guanidine groups is 1. The predicted molar refractivity (Wildman–Crippen MR) is 115 cm³/mol. The number of hydrogen-bond donors (Lipinski definition) is 2. The summed E-state index contributed by atoms with van der Waals surface area (Å²) in [5.74, 6) is 1.66. The van der Waals surface area contributed by atoms with Crippen molar-refractivity contribution >= 4 is 5.96 Å². The van der Waals surface area contributed by atoms with Gasteiger partial charge in [0.25, 0.3) is 0 Å². The Bertz CT molecular complexity index is 403. The van der Waals surface area contributed by atoms with Crippen molar-refractivity contribution in [2.45, 2.75) is 58.9 Å². The van der Waals surface area contributed by atoms with Gasteiger partial charge in [-0.05, 0) is 64.6 Å². The molecule has 0 bridgehead atoms. The molecule has 2 saturated heterocycles. The lowest BCUT2D eigenvalue weighted by molar-refractivity contribution is 0.0143. The van der Waals surface area contributed by atoms with Crippen LogP contribution in [0.3, 0.4) is 0 Å². The van der Waals surface area contributed by atoms with Gasteiger partial charge < -0.3 is 20.3 Å². The molecule has 158 valence electrons. The van der Waals surface area contributed by atoms with E-state index in [2.05, 4.69) is 41.2 Å². The fraction of sp³-hybridized carbons (Fsp3) is 0.952. The van der Waals surface area contributed by atoms with Gasteiger partial charge >= 0.3 is 0 Å². The Hall–Kier alpha value is -0.850. The van der Waals surface area contributed by atoms with Crippen molar-refractivity contribution in [1.29, 1.82) is 0 Å². The third-order valence-corrected chi connectivity index (χ3v) is 5.50. The first-order chi connectivity index (χ1) is 13.2. The van der Waals surface area contributed by atoms with Crippen molar-refractivity contribution in [2.75, 3.05) is 65.6 Å². The smallest absolute Gasteiger partial charge is 0.191 e. The van der Waals surface area contributed by atoms with E-state index in [4.69, 9.17) is 9.73 Å². The molecule has 2 N–H and O–H groups in total. The van der Waals surface area contributed by atoms with Crippen LogP contribution >= 0.6 is 0 Å². The second-order valence-electron chi connectivity index (χ2n) is 8.33. The molecule has 0 aliphatic carbocycles. The molecule has 27 heavy (non-hydrogen) atoms. The van der Waals surface area contributed by atoms with Crippen LogP contribution in [-0.4, -0.2) is 87.4 Å². The van der Waals surface area contributed by atoms with Gasteiger partial charge in [0.15, 0.2) is 5.96 Å². The van der Waals surface area contributed by atoms with Gasteiger partial charge in [-0.25, -0.2) is 0 Å². The molecule has 6 nitrogen and oxygen atoms in total. The molecule has 0 aromatic rings. The maximum atomic E-state index is 5.53. The zero-order chi connectivity index (χ0) is 19.3. The highest BCUT2D eigenvalue weighted by atomic mass is 16.5. The maximum absolute atomic E-state index is 5.53. The summed E-state index contributed by atoms with van der Waals surface area (Å²) in [5, 5.41) is 6.95. The number of ether oxygens (including phenoxy) is 1. The van der Waals surface area contributed by atoms with Crippen molar-refractivity contribution < 1.29 is 4.74 Å². The van der Waals surface area contributed by atoms with E-state index in [1.165, 1.54) is 51.7 Å². The molecule has 0 radical (unpaired) electrons. The average molecular weight is 382 g/mol. The van der Waals surface area contributed by atoms with E-state index < -0.39 is 0 Å². The van der Waals surface area contributed by atoms with Crippen molar-refractivity contribution in [3.63, 3.8) is 0 Å². The first kappa shape index (κ1) is 22.4. The number of aliphatic imine (C=N–C) groups is 1. The molecule has 0 spiro atoms. The van der Waals surface area contributed by atoms with Gasteiger partial charge in [-0.2, -0.15) is 0 Å². The van der Waals surface area contributed by atoms with Crippen LogP contribution in [0.1, 0.15) is 52.9 Å². The molecule has 0 aromatic carbocycles. The van der Waals surface area contributed by atoms with E-state index >= 15 is 0 Å². The lowest BCUT2D eigenvalue weighted by Gasteiger charge is -2.34. The quantitative estimate of drug-likeness (QED) is 0.326. The Kier molecular flexibility index (Phi) is 11.1. The molecule has 0 saturated carbocycles. The van der Waals surface area contributed by atoms with E-state index in [0.29, 0.717) is 12.0 Å². The Morgan fingerprint density at radius 3 is 2.44 bits per heavy atom. The molecule has 1 atom stereocenters. The van der Waals surface area contributed by atoms with Crippen LogP contribution in [0.25, 0.3) is 0 Å². The predicted octanol–water partition coefficient (Wildman–Crippen LogP) is 2.16. The van der Waals surface area contributed by atoms with Crippen LogP contribution in [-0.2, 0) is 4.74 Å². The highest BCUT2D eigenvalue weighted by Crippen LogP contribution is 2.14. The van der Waals surface area contributed by atoms with Crippen LogP contribution in [0.15, 0.2) is 4.99 Å². The second-order valence-corrected chi connectivity index (χ2v) is 8.33. The number of unbranched alkanes of at least 4 members (excludes halogenated alkanes) is 1. The number of likely N-dealkylation sites (tertiary alicyclic amines) is 1. The minimum atomic E-state index is 0.513. The Balaban J connectivity index is 1.74. The Morgan fingerprint density at radius 1 is 1.04 bits per heavy atom. The summed E-state index contributed by atoms with van der Waals surface area (Å²) in [6.45, 7) is 17.2. The van der Waals surface area contributed by atoms with Crippen molar-refractivity contribution in [3.8, 4) is 0 Å². The lowest BCUT2D eigenvalue weighted by Crippen LogP contribution is -2.46. The van der Waals surface area contributed by atoms with Crippen molar-refractivity contribution in [3.05, 3.63) is 0 Å². The molecule has 2 rings (SSSR count). The molecule has 2 fully saturated rings. The summed E-state index contributed by atoms with van der Waals surface area (Å²) in [7, 11) is 0. The minimum absolute atomic E-state index is 0.513. The molecular formula is C21H43N5O. The summed E-state index contributed by atoms with van der Waals surface area (Å²) in [6.07, 6.45) is 6.45. The summed E-state index contributed by atoms with van der Waals surface area (Å²) < 4.78 is 5.53. The number of rotatable bonds is 11. The zero-order valence-corrected chi connectivity index (χ0v) is 18.0. The molecule has 1 unspecified atom stereocenters. The maximum Gasteiger partial charge on any atom is 0.191 e. The fourth-order valence-corrected chi connectivity index (χ4v) is 4.04. The highest BCUT2D eigenvalue weighted by Gasteiger charge is 2.21. The first-order valence-electron chi connectivity index (χ1n) is 11.3. The van der Waals surface area contributed by atoms with Crippen LogP contribution in [0.4, 0.5) is 0 Å². The number of nitrogens with zero attached hydrogens (tertiary/aromatic N) is 3. The normalized spacial score (nSPS) is 21.0. The van der Waals surface area contributed by atoms with E-state index in [1.807, 2.05) is 0 Å². The van der Waals surface area contributed by atoms with Crippen LogP contribution in [0, 0.1) is 5.92 Å². The Morgan fingerprint density at radius 2 is 1.78 bits per heavy atom. The molecule has 0 amide bonds. The van der Waals surface area contributed by atoms with Gasteiger partial charge in [0.1, 0.15) is 0 Å². The molecule has 6 heteroatoms. The SMILES string of the molecule is CCNC(=NCC(CC(C)C)N1CCOCC1)NCCCCN1CCCC1. The average Bonchev–Trinajstić information content (AvgIpc) is 3.18. The fourth-order valence-electron chi connectivity index (χ4n) is 4.04. The van der Waals surface area contributed by atoms with Crippen LogP contribution in [0.2, 0.25) is 0 Å². The number of morpholine rings is 1. The summed E-state index contributed by atoms with van der Waals surface area (Å²) in [5.41, 5.74) is 0. The third kappa shape index (κ3) is 9.26. The van der Waals surface area contributed by atoms with E-state index in [1.54, 1.807) is 0 Å². The molecule has 0 aromatic heterocycles. The van der Waals surface area contributed by atoms with Crippen LogP contribution < -0.4 is 10.6 Å². The van der Waals surface area contributed by atoms with Crippen molar-refractivity contribution in [2.24, 2.45) is 10.9 Å². The molecule has 2 aliphatic rings. The summed E-state index contributed by atoms with van der Waals surface area (Å²) in [6, 6.07) is 0.513. The van der Waals surface area contributed by atoms with Gasteiger partial charge in [-0.15, -0.1) is 0 Å². The van der Waals surface area contributed by atoms with Crippen molar-refractivity contribution in [1.82, 2.24) is 20.4 Å². The third-order valence-electron chi connectivity index (χ3n) is 5.50. The summed E-state index contributed by atoms with van der Waals surface area (Å²) in [4.78, 5) is 10.1. The number of hydrogen-bond acceptors (Lipinski definition) is 4. The molecular weight excluding hydrogens is 338 g/mol. The molecule has 2 aliphatic heterocycles. The topological polar surface area (TPSA) is 52.1 Å². The standard InChI is InChI=1S/C21H43N5O/c1-4-22-21(23-9-5-6-10-25-11-7-8-12-25)24-18-20(17-19(2)3)26-13-15-27-16-14-26/h19-20H,4-18H2,1-3H3,(H2,22,23,24). The zero-order valence-electron chi connectivity index (χ0n) is 18.0. The van der Waals surface area contributed by atoms with Gasteiger partial charge in [0.05, 0.1) is 19.8 Å². The van der Waals surface area contributed by atoms with Gasteiger partial charge in [0.2, 0.25) is 0 Å². The van der Waals surface area contributed by atoms with Gasteiger partial charge in [-0.3, -0.25) is 9.89 Å². The summed E-state index contributed by atoms with van der Waals surface area (Å²) >= 11 is 0. The van der Waals surface area contributed by atoms with Crippen LogP contribution in [0.5, 0.6) is 0 Å². The largest absolute Gasteiger partial charge is 0.379 e. The van der Waals surface area contributed by atoms with E-state index in [-0.39, 0.29) is 0 Å².